The Hall–Kier alpha value is -1.61. The van der Waals surface area contributed by atoms with Crippen LogP contribution in [0, 0.1) is 0 Å². The molecule has 0 aliphatic rings. The first-order valence-corrected chi connectivity index (χ1v) is 5.02. The molecule has 1 atom stereocenters. The minimum atomic E-state index is 0.242. The van der Waals surface area contributed by atoms with E-state index >= 15 is 0 Å². The van der Waals surface area contributed by atoms with E-state index in [1.54, 1.807) is 6.26 Å². The third-order valence-corrected chi connectivity index (χ3v) is 2.40. The Balaban J connectivity index is 2.28. The second-order valence-electron chi connectivity index (χ2n) is 3.58. The maximum atomic E-state index is 5.57. The second kappa shape index (κ2) is 4.28. The fourth-order valence-corrected chi connectivity index (χ4v) is 1.35. The Labute approximate surface area is 88.9 Å². The van der Waals surface area contributed by atoms with E-state index < -0.39 is 0 Å². The molecule has 78 valence electrons. The normalized spacial score (nSPS) is 12.7. The lowest BCUT2D eigenvalue weighted by Gasteiger charge is -2.00. The summed E-state index contributed by atoms with van der Waals surface area (Å²) >= 11 is 0. The van der Waals surface area contributed by atoms with Crippen molar-refractivity contribution in [3.05, 3.63) is 42.3 Å². The molecule has 0 bridgehead atoms. The average molecular weight is 202 g/mol. The lowest BCUT2D eigenvalue weighted by atomic mass is 10.1. The Kier molecular flexibility index (Phi) is 2.83. The summed E-state index contributed by atoms with van der Waals surface area (Å²) in [5.74, 6) is 0.900. The average Bonchev–Trinajstić information content (AvgIpc) is 2.78. The smallest absolute Gasteiger partial charge is 0.226 e. The van der Waals surface area contributed by atoms with Gasteiger partial charge in [-0.25, -0.2) is 4.98 Å². The number of hydrogen-bond acceptors (Lipinski definition) is 3. The predicted molar refractivity (Wildman–Crippen MR) is 59.4 cm³/mol. The number of hydrogen-bond donors (Lipinski definition) is 1. The van der Waals surface area contributed by atoms with Gasteiger partial charge in [-0.3, -0.25) is 0 Å². The summed E-state index contributed by atoms with van der Waals surface area (Å²) < 4.78 is 5.41. The maximum Gasteiger partial charge on any atom is 0.226 e. The molecule has 2 N–H and O–H groups in total. The molecule has 2 rings (SSSR count). The van der Waals surface area contributed by atoms with Crippen LogP contribution in [0.2, 0.25) is 0 Å². The summed E-state index contributed by atoms with van der Waals surface area (Å²) in [6.45, 7) is 2.62. The predicted octanol–water partition coefficient (Wildman–Crippen LogP) is 2.40. The quantitative estimate of drug-likeness (QED) is 0.831. The van der Waals surface area contributed by atoms with Gasteiger partial charge in [0, 0.05) is 18.0 Å². The van der Waals surface area contributed by atoms with E-state index in [0.29, 0.717) is 12.4 Å². The summed E-state index contributed by atoms with van der Waals surface area (Å²) in [5, 5.41) is 0. The van der Waals surface area contributed by atoms with Gasteiger partial charge in [-0.05, 0) is 12.1 Å². The zero-order chi connectivity index (χ0) is 10.7. The zero-order valence-corrected chi connectivity index (χ0v) is 8.68. The lowest BCUT2D eigenvalue weighted by Crippen LogP contribution is -2.08. The van der Waals surface area contributed by atoms with Gasteiger partial charge >= 0.3 is 0 Å². The molecule has 0 aliphatic carbocycles. The van der Waals surface area contributed by atoms with Crippen LogP contribution in [0.1, 0.15) is 18.5 Å². The summed E-state index contributed by atoms with van der Waals surface area (Å²) in [5.41, 5.74) is 7.48. The van der Waals surface area contributed by atoms with Crippen LogP contribution in [-0.4, -0.2) is 11.5 Å². The lowest BCUT2D eigenvalue weighted by molar-refractivity contribution is 0.570. The van der Waals surface area contributed by atoms with E-state index in [2.05, 4.69) is 4.98 Å². The first-order valence-electron chi connectivity index (χ1n) is 5.02. The molecule has 0 radical (unpaired) electrons. The summed E-state index contributed by atoms with van der Waals surface area (Å²) in [6, 6.07) is 9.85. The van der Waals surface area contributed by atoms with E-state index in [9.17, 15) is 0 Å². The molecule has 1 aromatic carbocycles. The van der Waals surface area contributed by atoms with Crippen molar-refractivity contribution in [1.82, 2.24) is 4.98 Å². The van der Waals surface area contributed by atoms with Gasteiger partial charge in [0.2, 0.25) is 5.89 Å². The molecule has 2 aromatic rings. The molecule has 3 nitrogen and oxygen atoms in total. The molecule has 0 saturated carbocycles. The molecular formula is C12H14N2O. The highest BCUT2D eigenvalue weighted by Crippen LogP contribution is 2.21. The summed E-state index contributed by atoms with van der Waals surface area (Å²) in [4.78, 5) is 4.40. The second-order valence-corrected chi connectivity index (χ2v) is 3.58. The molecule has 15 heavy (non-hydrogen) atoms. The Morgan fingerprint density at radius 1 is 1.33 bits per heavy atom. The highest BCUT2D eigenvalue weighted by atomic mass is 16.3. The highest BCUT2D eigenvalue weighted by Gasteiger charge is 2.10. The van der Waals surface area contributed by atoms with E-state index in [0.717, 1.165) is 11.3 Å². The number of benzene rings is 1. The van der Waals surface area contributed by atoms with Gasteiger partial charge in [0.15, 0.2) is 0 Å². The van der Waals surface area contributed by atoms with Crippen molar-refractivity contribution in [2.75, 3.05) is 6.54 Å². The third kappa shape index (κ3) is 2.07. The molecule has 3 heteroatoms. The van der Waals surface area contributed by atoms with E-state index in [1.165, 1.54) is 0 Å². The minimum Gasteiger partial charge on any atom is -0.444 e. The Morgan fingerprint density at radius 3 is 2.73 bits per heavy atom. The first kappa shape index (κ1) is 9.93. The highest BCUT2D eigenvalue weighted by molar-refractivity contribution is 5.52. The van der Waals surface area contributed by atoms with Crippen LogP contribution in [0.4, 0.5) is 0 Å². The zero-order valence-electron chi connectivity index (χ0n) is 8.68. The number of aromatic nitrogens is 1. The fraction of sp³-hybridized carbons (Fsp3) is 0.250. The summed E-state index contributed by atoms with van der Waals surface area (Å²) in [7, 11) is 0. The molecule has 1 heterocycles. The fourth-order valence-electron chi connectivity index (χ4n) is 1.35. The number of nitrogens with zero attached hydrogens (tertiary/aromatic N) is 1. The molecule has 1 unspecified atom stereocenters. The van der Waals surface area contributed by atoms with Crippen LogP contribution >= 0.6 is 0 Å². The van der Waals surface area contributed by atoms with Crippen LogP contribution in [0.15, 0.2) is 41.0 Å². The maximum absolute atomic E-state index is 5.57. The Bertz CT molecular complexity index is 422. The molecule has 0 spiro atoms. The largest absolute Gasteiger partial charge is 0.444 e. The van der Waals surface area contributed by atoms with Crippen molar-refractivity contribution in [2.24, 2.45) is 5.73 Å². The van der Waals surface area contributed by atoms with Gasteiger partial charge in [0.05, 0.1) is 5.69 Å². The molecule has 0 fully saturated rings. The van der Waals surface area contributed by atoms with Crippen LogP contribution in [0.25, 0.3) is 11.5 Å². The van der Waals surface area contributed by atoms with Crippen LogP contribution < -0.4 is 5.73 Å². The topological polar surface area (TPSA) is 52.0 Å². The standard InChI is InChI=1S/C12H14N2O/c1-9(7-13)11-8-15-12(14-11)10-5-3-2-4-6-10/h2-6,8-9H,7,13H2,1H3. The van der Waals surface area contributed by atoms with Crippen molar-refractivity contribution in [2.45, 2.75) is 12.8 Å². The third-order valence-electron chi connectivity index (χ3n) is 2.40. The van der Waals surface area contributed by atoms with Crippen molar-refractivity contribution >= 4 is 0 Å². The minimum absolute atomic E-state index is 0.242. The Morgan fingerprint density at radius 2 is 2.07 bits per heavy atom. The van der Waals surface area contributed by atoms with Gasteiger partial charge in [-0.2, -0.15) is 0 Å². The number of rotatable bonds is 3. The molecule has 0 aliphatic heterocycles. The summed E-state index contributed by atoms with van der Waals surface area (Å²) in [6.07, 6.45) is 1.68. The van der Waals surface area contributed by atoms with Gasteiger partial charge in [-0.15, -0.1) is 0 Å². The van der Waals surface area contributed by atoms with E-state index in [1.807, 2.05) is 37.3 Å². The SMILES string of the molecule is CC(CN)c1coc(-c2ccccc2)n1. The molecule has 1 aromatic heterocycles. The van der Waals surface area contributed by atoms with Gasteiger partial charge < -0.3 is 10.2 Å². The molecule has 0 amide bonds. The van der Waals surface area contributed by atoms with Gasteiger partial charge in [-0.1, -0.05) is 25.1 Å². The van der Waals surface area contributed by atoms with E-state index in [-0.39, 0.29) is 5.92 Å². The van der Waals surface area contributed by atoms with Crippen LogP contribution in [0.3, 0.4) is 0 Å². The van der Waals surface area contributed by atoms with Crippen LogP contribution in [0.5, 0.6) is 0 Å². The van der Waals surface area contributed by atoms with Gasteiger partial charge in [0.1, 0.15) is 6.26 Å². The van der Waals surface area contributed by atoms with Crippen molar-refractivity contribution in [1.29, 1.82) is 0 Å². The van der Waals surface area contributed by atoms with Crippen molar-refractivity contribution < 1.29 is 4.42 Å². The first-order chi connectivity index (χ1) is 7.31. The molecule has 0 saturated heterocycles. The number of nitrogens with two attached hydrogens (primary N) is 1. The van der Waals surface area contributed by atoms with Crippen molar-refractivity contribution in [3.63, 3.8) is 0 Å². The van der Waals surface area contributed by atoms with E-state index in [4.69, 9.17) is 10.2 Å². The number of oxazole rings is 1. The van der Waals surface area contributed by atoms with Crippen molar-refractivity contribution in [3.8, 4) is 11.5 Å². The molecular weight excluding hydrogens is 188 g/mol. The van der Waals surface area contributed by atoms with Gasteiger partial charge in [0.25, 0.3) is 0 Å². The van der Waals surface area contributed by atoms with Crippen LogP contribution in [-0.2, 0) is 0 Å². The monoisotopic (exact) mass is 202 g/mol.